The summed E-state index contributed by atoms with van der Waals surface area (Å²) in [5.41, 5.74) is -0.147. The lowest BCUT2D eigenvalue weighted by Gasteiger charge is -2.02. The Bertz CT molecular complexity index is 914. The zero-order chi connectivity index (χ0) is 19.8. The Morgan fingerprint density at radius 2 is 1.15 bits per heavy atom. The van der Waals surface area contributed by atoms with Crippen molar-refractivity contribution in [3.63, 3.8) is 0 Å². The van der Waals surface area contributed by atoms with Gasteiger partial charge < -0.3 is 0 Å². The maximum Gasteiger partial charge on any atom is 0.328 e. The number of benzene rings is 1. The van der Waals surface area contributed by atoms with E-state index < -0.39 is 20.2 Å². The standard InChI is InChI=1S/C14H14N4O6S2/c1-3-25(19,20)23-17-13(9-15)11-5-7-12(8-6-11)14(10-16)18-24-26(21,22)4-2/h5-8H,3-4H2,1-2H3. The predicted octanol–water partition coefficient (Wildman–Crippen LogP) is 0.875. The van der Waals surface area contributed by atoms with Gasteiger partial charge in [-0.1, -0.05) is 34.6 Å². The van der Waals surface area contributed by atoms with Crippen molar-refractivity contribution in [2.24, 2.45) is 10.3 Å². The number of hydrogen-bond acceptors (Lipinski definition) is 10. The van der Waals surface area contributed by atoms with E-state index in [1.54, 1.807) is 12.1 Å². The zero-order valence-corrected chi connectivity index (χ0v) is 15.4. The molecule has 0 atom stereocenters. The van der Waals surface area contributed by atoms with Crippen molar-refractivity contribution in [2.45, 2.75) is 13.8 Å². The molecule has 12 heteroatoms. The van der Waals surface area contributed by atoms with Crippen LogP contribution in [0.1, 0.15) is 25.0 Å². The Morgan fingerprint density at radius 1 is 0.846 bits per heavy atom. The molecular formula is C14H14N4O6S2. The molecule has 10 nitrogen and oxygen atoms in total. The van der Waals surface area contributed by atoms with Crippen molar-refractivity contribution >= 4 is 31.7 Å². The van der Waals surface area contributed by atoms with Crippen LogP contribution in [0.3, 0.4) is 0 Å². The summed E-state index contributed by atoms with van der Waals surface area (Å²) in [5.74, 6) is -0.617. The zero-order valence-electron chi connectivity index (χ0n) is 13.8. The van der Waals surface area contributed by atoms with Crippen molar-refractivity contribution in [3.05, 3.63) is 35.4 Å². The van der Waals surface area contributed by atoms with Gasteiger partial charge in [-0.15, -0.1) is 0 Å². The van der Waals surface area contributed by atoms with Gasteiger partial charge in [0.2, 0.25) is 0 Å². The Labute approximate surface area is 151 Å². The number of hydrogen-bond donors (Lipinski definition) is 0. The van der Waals surface area contributed by atoms with Gasteiger partial charge in [-0.05, 0) is 13.8 Å². The Hall–Kier alpha value is -2.96. The van der Waals surface area contributed by atoms with E-state index in [-0.39, 0.29) is 34.1 Å². The molecular weight excluding hydrogens is 384 g/mol. The topological polar surface area (TPSA) is 159 Å². The fraction of sp³-hybridized carbons (Fsp3) is 0.286. The molecule has 0 aliphatic heterocycles. The molecule has 26 heavy (non-hydrogen) atoms. The number of rotatable bonds is 8. The first-order valence-electron chi connectivity index (χ1n) is 7.07. The van der Waals surface area contributed by atoms with Gasteiger partial charge >= 0.3 is 20.2 Å². The molecule has 0 spiro atoms. The lowest BCUT2D eigenvalue weighted by molar-refractivity contribution is 0.339. The SMILES string of the molecule is CCS(=O)(=O)ON=C(C#N)c1ccc(C(C#N)=NOS(=O)(=O)CC)cc1. The molecule has 0 heterocycles. The molecule has 0 saturated heterocycles. The summed E-state index contributed by atoms with van der Waals surface area (Å²) in [7, 11) is -7.71. The van der Waals surface area contributed by atoms with Crippen LogP contribution < -0.4 is 0 Å². The fourth-order valence-electron chi connectivity index (χ4n) is 1.35. The first-order valence-corrected chi connectivity index (χ1v) is 10.2. The van der Waals surface area contributed by atoms with Crippen LogP contribution in [-0.2, 0) is 28.8 Å². The lowest BCUT2D eigenvalue weighted by Crippen LogP contribution is -2.08. The molecule has 1 aromatic carbocycles. The predicted molar refractivity (Wildman–Crippen MR) is 91.8 cm³/mol. The summed E-state index contributed by atoms with van der Waals surface area (Å²) < 4.78 is 53.7. The van der Waals surface area contributed by atoms with Crippen LogP contribution in [-0.4, -0.2) is 39.8 Å². The van der Waals surface area contributed by atoms with E-state index in [2.05, 4.69) is 18.9 Å². The molecule has 0 aliphatic carbocycles. The van der Waals surface area contributed by atoms with Crippen LogP contribution in [0.2, 0.25) is 0 Å². The minimum absolute atomic E-state index is 0.224. The molecule has 0 aromatic heterocycles. The molecule has 0 unspecified atom stereocenters. The molecule has 1 rings (SSSR count). The molecule has 0 amide bonds. The third-order valence-corrected chi connectivity index (χ3v) is 4.85. The quantitative estimate of drug-likeness (QED) is 0.460. The molecule has 0 aliphatic rings. The van der Waals surface area contributed by atoms with E-state index in [1.165, 1.54) is 38.1 Å². The molecule has 0 fully saturated rings. The van der Waals surface area contributed by atoms with Gasteiger partial charge in [0.05, 0.1) is 11.5 Å². The number of oxime groups is 2. The first-order chi connectivity index (χ1) is 12.2. The van der Waals surface area contributed by atoms with E-state index in [9.17, 15) is 16.8 Å². The van der Waals surface area contributed by atoms with E-state index >= 15 is 0 Å². The second-order valence-corrected chi connectivity index (χ2v) is 8.21. The van der Waals surface area contributed by atoms with E-state index in [4.69, 9.17) is 10.5 Å². The van der Waals surface area contributed by atoms with Gasteiger partial charge in [-0.3, -0.25) is 8.57 Å². The summed E-state index contributed by atoms with van der Waals surface area (Å²) in [4.78, 5) is 0. The second-order valence-electron chi connectivity index (χ2n) is 4.52. The van der Waals surface area contributed by atoms with Gasteiger partial charge in [-0.2, -0.15) is 27.4 Å². The van der Waals surface area contributed by atoms with Crippen LogP contribution in [0.15, 0.2) is 34.6 Å². The summed E-state index contributed by atoms with van der Waals surface area (Å²) in [6.45, 7) is 2.71. The lowest BCUT2D eigenvalue weighted by atomic mass is 10.1. The highest BCUT2D eigenvalue weighted by molar-refractivity contribution is 7.86. The minimum atomic E-state index is -3.86. The normalized spacial score (nSPS) is 12.8. The van der Waals surface area contributed by atoms with Crippen molar-refractivity contribution in [1.82, 2.24) is 0 Å². The average molecular weight is 398 g/mol. The van der Waals surface area contributed by atoms with E-state index in [1.807, 2.05) is 0 Å². The summed E-state index contributed by atoms with van der Waals surface area (Å²) in [6.07, 6.45) is 0. The third kappa shape index (κ3) is 6.16. The first kappa shape index (κ1) is 21.1. The maximum atomic E-state index is 11.3. The molecule has 0 bridgehead atoms. The van der Waals surface area contributed by atoms with Crippen molar-refractivity contribution in [2.75, 3.05) is 11.5 Å². The molecule has 0 radical (unpaired) electrons. The minimum Gasteiger partial charge on any atom is -0.267 e. The monoisotopic (exact) mass is 398 g/mol. The van der Waals surface area contributed by atoms with Crippen LogP contribution in [0.4, 0.5) is 0 Å². The second kappa shape index (κ2) is 8.94. The van der Waals surface area contributed by atoms with Crippen LogP contribution in [0.5, 0.6) is 0 Å². The van der Waals surface area contributed by atoms with E-state index in [0.717, 1.165) is 0 Å². The largest absolute Gasteiger partial charge is 0.328 e. The van der Waals surface area contributed by atoms with Gasteiger partial charge in [0, 0.05) is 11.1 Å². The van der Waals surface area contributed by atoms with Crippen LogP contribution in [0.25, 0.3) is 0 Å². The number of nitriles is 2. The smallest absolute Gasteiger partial charge is 0.267 e. The summed E-state index contributed by atoms with van der Waals surface area (Å²) >= 11 is 0. The van der Waals surface area contributed by atoms with E-state index in [0.29, 0.717) is 0 Å². The summed E-state index contributed by atoms with van der Waals surface area (Å²) in [5, 5.41) is 24.7. The highest BCUT2D eigenvalue weighted by Gasteiger charge is 2.12. The Morgan fingerprint density at radius 3 is 1.38 bits per heavy atom. The van der Waals surface area contributed by atoms with Gasteiger partial charge in [0.1, 0.15) is 12.1 Å². The molecule has 1 aromatic rings. The van der Waals surface area contributed by atoms with Crippen molar-refractivity contribution in [3.8, 4) is 12.1 Å². The Kier molecular flexibility index (Phi) is 7.25. The maximum absolute atomic E-state index is 11.3. The average Bonchev–Trinajstić information content (AvgIpc) is 2.63. The third-order valence-electron chi connectivity index (χ3n) is 2.83. The van der Waals surface area contributed by atoms with Crippen molar-refractivity contribution < 1.29 is 25.4 Å². The molecule has 138 valence electrons. The van der Waals surface area contributed by atoms with Crippen LogP contribution in [0, 0.1) is 22.7 Å². The van der Waals surface area contributed by atoms with Gasteiger partial charge in [-0.25, -0.2) is 0 Å². The van der Waals surface area contributed by atoms with Gasteiger partial charge in [0.25, 0.3) is 0 Å². The van der Waals surface area contributed by atoms with Crippen molar-refractivity contribution in [1.29, 1.82) is 10.5 Å². The molecule has 0 saturated carbocycles. The fourth-order valence-corrected chi connectivity index (χ4v) is 1.94. The molecule has 0 N–H and O–H groups in total. The van der Waals surface area contributed by atoms with Gasteiger partial charge in [0.15, 0.2) is 11.4 Å². The number of nitrogens with zero attached hydrogens (tertiary/aromatic N) is 4. The highest BCUT2D eigenvalue weighted by Crippen LogP contribution is 2.09. The summed E-state index contributed by atoms with van der Waals surface area (Å²) in [6, 6.07) is 8.83. The Balaban J connectivity index is 3.10. The van der Waals surface area contributed by atoms with Crippen LogP contribution >= 0.6 is 0 Å². The highest BCUT2D eigenvalue weighted by atomic mass is 32.2.